The van der Waals surface area contributed by atoms with E-state index >= 15 is 0 Å². The fourth-order valence-corrected chi connectivity index (χ4v) is 4.41. The summed E-state index contributed by atoms with van der Waals surface area (Å²) < 4.78 is 1.10. The van der Waals surface area contributed by atoms with Gasteiger partial charge in [0.05, 0.1) is 0 Å². The van der Waals surface area contributed by atoms with E-state index in [9.17, 15) is 9.59 Å². The zero-order valence-corrected chi connectivity index (χ0v) is 18.7. The maximum atomic E-state index is 12.5. The van der Waals surface area contributed by atoms with Crippen molar-refractivity contribution in [3.05, 3.63) is 92.6 Å². The number of carbonyl (C=O) groups excluding carboxylic acids is 2. The maximum Gasteiger partial charge on any atom is 0.224 e. The zero-order valence-electron chi connectivity index (χ0n) is 14.9. The second kappa shape index (κ2) is 9.08. The molecule has 0 aliphatic rings. The molecule has 0 saturated heterocycles. The molecule has 5 heteroatoms. The molecule has 0 N–H and O–H groups in total. The fourth-order valence-electron chi connectivity index (χ4n) is 2.40. The van der Waals surface area contributed by atoms with Gasteiger partial charge in [-0.3, -0.25) is 9.59 Å². The Hall–Kier alpha value is -1.57. The smallest absolute Gasteiger partial charge is 0.224 e. The summed E-state index contributed by atoms with van der Waals surface area (Å²) >= 11 is 4.65. The number of halogens is 1. The van der Waals surface area contributed by atoms with Crippen LogP contribution in [0.25, 0.3) is 0 Å². The van der Waals surface area contributed by atoms with Crippen LogP contribution in [0.5, 0.6) is 0 Å². The van der Waals surface area contributed by atoms with Crippen molar-refractivity contribution in [2.24, 2.45) is 0 Å². The number of rotatable bonds is 4. The van der Waals surface area contributed by atoms with Crippen molar-refractivity contribution < 1.29 is 9.59 Å². The molecule has 27 heavy (non-hydrogen) atoms. The van der Waals surface area contributed by atoms with Gasteiger partial charge in [0.15, 0.2) is 0 Å². The maximum absolute atomic E-state index is 12.5. The van der Waals surface area contributed by atoms with Crippen LogP contribution in [0.4, 0.5) is 0 Å². The molecule has 0 aliphatic heterocycles. The zero-order chi connectivity index (χ0) is 19.4. The van der Waals surface area contributed by atoms with Gasteiger partial charge in [-0.25, -0.2) is 0 Å². The van der Waals surface area contributed by atoms with E-state index in [1.807, 2.05) is 80.6 Å². The largest absolute Gasteiger partial charge is 0.281 e. The minimum Gasteiger partial charge on any atom is -0.281 e. The first kappa shape index (κ1) is 20.2. The number of hydrogen-bond acceptors (Lipinski definition) is 4. The van der Waals surface area contributed by atoms with Crippen LogP contribution in [0, 0.1) is 17.4 Å². The summed E-state index contributed by atoms with van der Waals surface area (Å²) in [7, 11) is 0. The molecule has 0 aliphatic carbocycles. The van der Waals surface area contributed by atoms with Crippen LogP contribution in [-0.2, 0) is 0 Å². The van der Waals surface area contributed by atoms with Gasteiger partial charge in [0.25, 0.3) is 0 Å². The topological polar surface area (TPSA) is 34.1 Å². The minimum absolute atomic E-state index is 0.0183. The van der Waals surface area contributed by atoms with Crippen molar-refractivity contribution in [1.29, 1.82) is 0 Å². The molecule has 0 aromatic heterocycles. The van der Waals surface area contributed by atoms with Gasteiger partial charge in [0.1, 0.15) is 0 Å². The molecule has 0 amide bonds. The lowest BCUT2D eigenvalue weighted by molar-refractivity contribution is 0.108. The highest BCUT2D eigenvalue weighted by Crippen LogP contribution is 2.31. The van der Waals surface area contributed by atoms with Gasteiger partial charge in [-0.05, 0) is 108 Å². The molecular weight excluding hydrogens is 487 g/mol. The fraction of sp³-hybridized carbons (Fsp3) is 0.0909. The van der Waals surface area contributed by atoms with Gasteiger partial charge in [0.2, 0.25) is 10.2 Å². The summed E-state index contributed by atoms with van der Waals surface area (Å²) in [5.74, 6) is 0. The van der Waals surface area contributed by atoms with Crippen LogP contribution in [0.1, 0.15) is 31.8 Å². The van der Waals surface area contributed by atoms with Crippen LogP contribution >= 0.6 is 46.1 Å². The van der Waals surface area contributed by atoms with E-state index in [4.69, 9.17) is 0 Å². The SMILES string of the molecule is Cc1ccc(C(=O)Sc2ccc(SC(=O)c3ccc(I)cc3)c(C)c2)cc1. The summed E-state index contributed by atoms with van der Waals surface area (Å²) in [5, 5.41) is 0.0374. The second-order valence-electron chi connectivity index (χ2n) is 6.08. The van der Waals surface area contributed by atoms with E-state index in [1.165, 1.54) is 23.5 Å². The van der Waals surface area contributed by atoms with Crippen LogP contribution in [0.2, 0.25) is 0 Å². The van der Waals surface area contributed by atoms with Crippen LogP contribution in [0.3, 0.4) is 0 Å². The molecule has 0 radical (unpaired) electrons. The monoisotopic (exact) mass is 504 g/mol. The normalized spacial score (nSPS) is 10.6. The average molecular weight is 504 g/mol. The quantitative estimate of drug-likeness (QED) is 0.290. The number of benzene rings is 3. The minimum atomic E-state index is 0.0183. The Morgan fingerprint density at radius 2 is 1.30 bits per heavy atom. The molecule has 0 spiro atoms. The second-order valence-corrected chi connectivity index (χ2v) is 9.39. The lowest BCUT2D eigenvalue weighted by Gasteiger charge is -2.08. The first-order valence-corrected chi connectivity index (χ1v) is 11.0. The highest BCUT2D eigenvalue weighted by Gasteiger charge is 2.12. The summed E-state index contributed by atoms with van der Waals surface area (Å²) in [6.07, 6.45) is 0. The Morgan fingerprint density at radius 1 is 0.741 bits per heavy atom. The van der Waals surface area contributed by atoms with Gasteiger partial charge < -0.3 is 0 Å². The summed E-state index contributed by atoms with van der Waals surface area (Å²) in [4.78, 5) is 26.7. The number of thioether (sulfide) groups is 2. The van der Waals surface area contributed by atoms with E-state index in [-0.39, 0.29) is 10.2 Å². The molecule has 0 heterocycles. The molecule has 0 atom stereocenters. The molecule has 0 saturated carbocycles. The first-order chi connectivity index (χ1) is 12.9. The third-order valence-corrected chi connectivity index (χ3v) is 6.66. The van der Waals surface area contributed by atoms with Crippen LogP contribution < -0.4 is 0 Å². The number of hydrogen-bond donors (Lipinski definition) is 0. The van der Waals surface area contributed by atoms with Crippen molar-refractivity contribution in [3.63, 3.8) is 0 Å². The molecule has 136 valence electrons. The lowest BCUT2D eigenvalue weighted by atomic mass is 10.2. The Balaban J connectivity index is 1.69. The van der Waals surface area contributed by atoms with Crippen molar-refractivity contribution in [1.82, 2.24) is 0 Å². The van der Waals surface area contributed by atoms with E-state index in [2.05, 4.69) is 22.6 Å². The van der Waals surface area contributed by atoms with Crippen LogP contribution in [0.15, 0.2) is 76.5 Å². The van der Waals surface area contributed by atoms with Crippen LogP contribution in [-0.4, -0.2) is 10.2 Å². The van der Waals surface area contributed by atoms with E-state index in [0.717, 1.165) is 24.5 Å². The molecule has 3 aromatic rings. The number of aryl methyl sites for hydroxylation is 2. The van der Waals surface area contributed by atoms with Gasteiger partial charge in [-0.15, -0.1) is 0 Å². The predicted octanol–water partition coefficient (Wildman–Crippen LogP) is 6.77. The van der Waals surface area contributed by atoms with E-state index < -0.39 is 0 Å². The van der Waals surface area contributed by atoms with Crippen molar-refractivity contribution in [2.75, 3.05) is 0 Å². The highest BCUT2D eigenvalue weighted by atomic mass is 127. The van der Waals surface area contributed by atoms with Crippen molar-refractivity contribution in [2.45, 2.75) is 23.6 Å². The number of carbonyl (C=O) groups is 2. The van der Waals surface area contributed by atoms with Gasteiger partial charge in [-0.1, -0.05) is 29.8 Å². The first-order valence-electron chi connectivity index (χ1n) is 8.29. The molecule has 0 fully saturated rings. The standard InChI is InChI=1S/C22H17IO2S2/c1-14-3-5-16(6-4-14)21(24)26-19-11-12-20(15(2)13-19)27-22(25)17-7-9-18(23)10-8-17/h3-13H,1-2H3. The predicted molar refractivity (Wildman–Crippen MR) is 122 cm³/mol. The third kappa shape index (κ3) is 5.46. The van der Waals surface area contributed by atoms with E-state index in [1.54, 1.807) is 0 Å². The van der Waals surface area contributed by atoms with Crippen molar-refractivity contribution in [3.8, 4) is 0 Å². The molecule has 0 unspecified atom stereocenters. The summed E-state index contributed by atoms with van der Waals surface area (Å²) in [6.45, 7) is 3.96. The van der Waals surface area contributed by atoms with Gasteiger partial charge in [0, 0.05) is 24.5 Å². The molecular formula is C22H17IO2S2. The molecule has 0 bridgehead atoms. The van der Waals surface area contributed by atoms with Gasteiger partial charge >= 0.3 is 0 Å². The average Bonchev–Trinajstić information content (AvgIpc) is 2.65. The molecule has 3 aromatic carbocycles. The Morgan fingerprint density at radius 3 is 1.89 bits per heavy atom. The van der Waals surface area contributed by atoms with Gasteiger partial charge in [-0.2, -0.15) is 0 Å². The summed E-state index contributed by atoms with van der Waals surface area (Å²) in [5.41, 5.74) is 3.50. The lowest BCUT2D eigenvalue weighted by Crippen LogP contribution is -1.95. The summed E-state index contributed by atoms with van der Waals surface area (Å²) in [6, 6.07) is 20.9. The Kier molecular flexibility index (Phi) is 6.78. The Bertz CT molecular complexity index is 980. The highest BCUT2D eigenvalue weighted by molar-refractivity contribution is 14.1. The van der Waals surface area contributed by atoms with Crippen molar-refractivity contribution >= 4 is 56.3 Å². The molecule has 3 rings (SSSR count). The molecule has 2 nitrogen and oxygen atoms in total. The Labute approximate surface area is 181 Å². The third-order valence-electron chi connectivity index (χ3n) is 3.93. The van der Waals surface area contributed by atoms with E-state index in [0.29, 0.717) is 11.1 Å².